The zero-order chi connectivity index (χ0) is 13.4. The molecule has 102 valence electrons. The third-order valence-electron chi connectivity index (χ3n) is 4.71. The molecule has 2 heteroatoms. The van der Waals surface area contributed by atoms with E-state index < -0.39 is 0 Å². The van der Waals surface area contributed by atoms with E-state index in [1.807, 2.05) is 0 Å². The molecule has 3 atom stereocenters. The summed E-state index contributed by atoms with van der Waals surface area (Å²) < 4.78 is 0. The van der Waals surface area contributed by atoms with Gasteiger partial charge < -0.3 is 5.11 Å². The summed E-state index contributed by atoms with van der Waals surface area (Å²) in [5.41, 5.74) is 0.631. The molecule has 1 aliphatic carbocycles. The van der Waals surface area contributed by atoms with Gasteiger partial charge in [-0.3, -0.25) is 4.90 Å². The summed E-state index contributed by atoms with van der Waals surface area (Å²) in [6.07, 6.45) is 3.03. The van der Waals surface area contributed by atoms with E-state index >= 15 is 0 Å². The summed E-state index contributed by atoms with van der Waals surface area (Å²) in [5.74, 6) is 0. The van der Waals surface area contributed by atoms with Crippen molar-refractivity contribution in [1.29, 1.82) is 0 Å². The van der Waals surface area contributed by atoms with Crippen LogP contribution in [0.5, 0.6) is 0 Å². The van der Waals surface area contributed by atoms with Gasteiger partial charge in [-0.05, 0) is 44.1 Å². The van der Waals surface area contributed by atoms with Crippen LogP contribution in [0.25, 0.3) is 0 Å². The second kappa shape index (κ2) is 4.89. The van der Waals surface area contributed by atoms with Crippen molar-refractivity contribution in [1.82, 2.24) is 4.90 Å². The van der Waals surface area contributed by atoms with E-state index in [1.54, 1.807) is 0 Å². The standard InChI is InChI=1S/C15H31NO/c1-11(14(2,3)4)16(7)12-10-15(5,6)9-8-13(12)17/h11-13,17H,8-10H2,1-7H3. The van der Waals surface area contributed by atoms with Crippen molar-refractivity contribution in [3.63, 3.8) is 0 Å². The number of hydrogen-bond acceptors (Lipinski definition) is 2. The van der Waals surface area contributed by atoms with E-state index in [0.717, 1.165) is 19.3 Å². The Labute approximate surface area is 107 Å². The molecule has 0 aromatic carbocycles. The summed E-state index contributed by atoms with van der Waals surface area (Å²) in [7, 11) is 2.17. The first kappa shape index (κ1) is 15.0. The quantitative estimate of drug-likeness (QED) is 0.802. The fraction of sp³-hybridized carbons (Fsp3) is 1.00. The first-order valence-electron chi connectivity index (χ1n) is 6.94. The highest BCUT2D eigenvalue weighted by atomic mass is 16.3. The van der Waals surface area contributed by atoms with E-state index in [4.69, 9.17) is 0 Å². The smallest absolute Gasteiger partial charge is 0.0695 e. The third-order valence-corrected chi connectivity index (χ3v) is 4.71. The van der Waals surface area contributed by atoms with Gasteiger partial charge >= 0.3 is 0 Å². The number of nitrogens with zero attached hydrogens (tertiary/aromatic N) is 1. The Morgan fingerprint density at radius 2 is 1.82 bits per heavy atom. The molecule has 0 saturated heterocycles. The molecule has 0 amide bonds. The van der Waals surface area contributed by atoms with Crippen LogP contribution in [0.3, 0.4) is 0 Å². The highest BCUT2D eigenvalue weighted by molar-refractivity contribution is 4.93. The predicted octanol–water partition coefficient (Wildman–Crippen LogP) is 3.29. The lowest BCUT2D eigenvalue weighted by atomic mass is 9.72. The van der Waals surface area contributed by atoms with Crippen molar-refractivity contribution >= 4 is 0 Å². The van der Waals surface area contributed by atoms with Gasteiger partial charge in [0.25, 0.3) is 0 Å². The predicted molar refractivity (Wildman–Crippen MR) is 74.1 cm³/mol. The van der Waals surface area contributed by atoms with Crippen LogP contribution in [0.1, 0.15) is 60.8 Å². The van der Waals surface area contributed by atoms with Crippen LogP contribution >= 0.6 is 0 Å². The fourth-order valence-corrected chi connectivity index (χ4v) is 2.85. The van der Waals surface area contributed by atoms with Gasteiger partial charge in [0, 0.05) is 12.1 Å². The Morgan fingerprint density at radius 1 is 1.29 bits per heavy atom. The molecular weight excluding hydrogens is 210 g/mol. The van der Waals surface area contributed by atoms with Crippen LogP contribution in [-0.4, -0.2) is 35.2 Å². The van der Waals surface area contributed by atoms with Crippen LogP contribution < -0.4 is 0 Å². The minimum atomic E-state index is -0.155. The topological polar surface area (TPSA) is 23.5 Å². The number of likely N-dealkylation sites (N-methyl/N-ethyl adjacent to an activating group) is 1. The van der Waals surface area contributed by atoms with Crippen LogP contribution in [0.4, 0.5) is 0 Å². The van der Waals surface area contributed by atoms with Gasteiger partial charge in [-0.1, -0.05) is 34.6 Å². The van der Waals surface area contributed by atoms with E-state index in [-0.39, 0.29) is 11.5 Å². The van der Waals surface area contributed by atoms with Gasteiger partial charge in [0.1, 0.15) is 0 Å². The molecule has 1 aliphatic rings. The van der Waals surface area contributed by atoms with Gasteiger partial charge in [-0.2, -0.15) is 0 Å². The summed E-state index contributed by atoms with van der Waals surface area (Å²) in [5, 5.41) is 10.2. The van der Waals surface area contributed by atoms with Crippen molar-refractivity contribution in [2.24, 2.45) is 10.8 Å². The van der Waals surface area contributed by atoms with Crippen molar-refractivity contribution in [3.05, 3.63) is 0 Å². The molecule has 0 bridgehead atoms. The lowest BCUT2D eigenvalue weighted by Gasteiger charge is -2.47. The SMILES string of the molecule is CC(N(C)C1CC(C)(C)CCC1O)C(C)(C)C. The monoisotopic (exact) mass is 241 g/mol. The summed E-state index contributed by atoms with van der Waals surface area (Å²) >= 11 is 0. The third kappa shape index (κ3) is 3.69. The average molecular weight is 241 g/mol. The Kier molecular flexibility index (Phi) is 4.31. The van der Waals surface area contributed by atoms with Crippen LogP contribution in [0.2, 0.25) is 0 Å². The second-order valence-corrected chi connectivity index (χ2v) is 7.75. The molecule has 17 heavy (non-hydrogen) atoms. The highest BCUT2D eigenvalue weighted by Crippen LogP contribution is 2.39. The first-order chi connectivity index (χ1) is 7.54. The Hall–Kier alpha value is -0.0800. The molecule has 2 nitrogen and oxygen atoms in total. The molecule has 0 radical (unpaired) electrons. The maximum absolute atomic E-state index is 10.2. The van der Waals surface area contributed by atoms with Crippen molar-refractivity contribution < 1.29 is 5.11 Å². The zero-order valence-electron chi connectivity index (χ0n) is 12.7. The van der Waals surface area contributed by atoms with E-state index in [1.165, 1.54) is 0 Å². The molecule has 1 rings (SSSR count). The molecule has 0 aliphatic heterocycles. The van der Waals surface area contributed by atoms with Gasteiger partial charge in [0.05, 0.1) is 6.10 Å². The summed E-state index contributed by atoms with van der Waals surface area (Å²) in [6.45, 7) is 13.7. The van der Waals surface area contributed by atoms with Crippen molar-refractivity contribution in [2.45, 2.75) is 79.0 Å². The molecule has 0 aromatic rings. The maximum atomic E-state index is 10.2. The van der Waals surface area contributed by atoms with Crippen molar-refractivity contribution in [3.8, 4) is 0 Å². The van der Waals surface area contributed by atoms with E-state index in [9.17, 15) is 5.11 Å². The molecule has 0 heterocycles. The van der Waals surface area contributed by atoms with Gasteiger partial charge in [-0.15, -0.1) is 0 Å². The van der Waals surface area contributed by atoms with E-state index in [2.05, 4.69) is 53.5 Å². The number of aliphatic hydroxyl groups excluding tert-OH is 1. The van der Waals surface area contributed by atoms with E-state index in [0.29, 0.717) is 17.5 Å². The molecular formula is C15H31NO. The Bertz CT molecular complexity index is 254. The summed E-state index contributed by atoms with van der Waals surface area (Å²) in [4.78, 5) is 2.39. The highest BCUT2D eigenvalue weighted by Gasteiger charge is 2.39. The Balaban J connectivity index is 2.76. The zero-order valence-corrected chi connectivity index (χ0v) is 12.7. The fourth-order valence-electron chi connectivity index (χ4n) is 2.85. The largest absolute Gasteiger partial charge is 0.391 e. The number of aliphatic hydroxyl groups is 1. The lowest BCUT2D eigenvalue weighted by Crippen LogP contribution is -2.53. The second-order valence-electron chi connectivity index (χ2n) is 7.75. The first-order valence-corrected chi connectivity index (χ1v) is 6.94. The maximum Gasteiger partial charge on any atom is 0.0695 e. The van der Waals surface area contributed by atoms with Crippen molar-refractivity contribution in [2.75, 3.05) is 7.05 Å². The lowest BCUT2D eigenvalue weighted by molar-refractivity contribution is -0.0373. The summed E-state index contributed by atoms with van der Waals surface area (Å²) in [6, 6.07) is 0.795. The number of rotatable bonds is 2. The molecule has 3 unspecified atom stereocenters. The van der Waals surface area contributed by atoms with Gasteiger partial charge in [0.2, 0.25) is 0 Å². The minimum Gasteiger partial charge on any atom is -0.391 e. The molecule has 0 spiro atoms. The molecule has 1 fully saturated rings. The van der Waals surface area contributed by atoms with Gasteiger partial charge in [0.15, 0.2) is 0 Å². The average Bonchev–Trinajstić information content (AvgIpc) is 2.18. The van der Waals surface area contributed by atoms with Crippen LogP contribution in [0, 0.1) is 10.8 Å². The number of hydrogen-bond donors (Lipinski definition) is 1. The van der Waals surface area contributed by atoms with Crippen LogP contribution in [0.15, 0.2) is 0 Å². The molecule has 1 saturated carbocycles. The normalized spacial score (nSPS) is 31.6. The molecule has 0 aromatic heterocycles. The Morgan fingerprint density at radius 3 is 2.29 bits per heavy atom. The molecule has 1 N–H and O–H groups in total. The van der Waals surface area contributed by atoms with Gasteiger partial charge in [-0.25, -0.2) is 0 Å². The minimum absolute atomic E-state index is 0.155. The van der Waals surface area contributed by atoms with Crippen LogP contribution in [-0.2, 0) is 0 Å².